The van der Waals surface area contributed by atoms with Crippen LogP contribution in [0.2, 0.25) is 0 Å². The summed E-state index contributed by atoms with van der Waals surface area (Å²) in [6.45, 7) is 8.66. The van der Waals surface area contributed by atoms with Crippen molar-refractivity contribution in [2.75, 3.05) is 36.8 Å². The Morgan fingerprint density at radius 1 is 1.14 bits per heavy atom. The lowest BCUT2D eigenvalue weighted by Gasteiger charge is -2.34. The first-order valence-electron chi connectivity index (χ1n) is 9.29. The molecule has 0 bridgehead atoms. The predicted octanol–water partition coefficient (Wildman–Crippen LogP) is 2.43. The van der Waals surface area contributed by atoms with E-state index in [0.29, 0.717) is 18.8 Å². The lowest BCUT2D eigenvalue weighted by molar-refractivity contribution is -0.119. The Kier molecular flexibility index (Phi) is 6.90. The Morgan fingerprint density at radius 3 is 2.46 bits per heavy atom. The number of benzene rings is 1. The molecule has 0 radical (unpaired) electrons. The van der Waals surface area contributed by atoms with Crippen LogP contribution in [0.3, 0.4) is 0 Å². The van der Waals surface area contributed by atoms with Gasteiger partial charge in [-0.1, -0.05) is 40.8 Å². The zero-order valence-electron chi connectivity index (χ0n) is 16.3. The molecule has 1 fully saturated rings. The first-order valence-corrected chi connectivity index (χ1v) is 11.1. The molecule has 2 amide bonds. The first kappa shape index (κ1) is 20.6. The van der Waals surface area contributed by atoms with E-state index in [4.69, 9.17) is 0 Å². The van der Waals surface area contributed by atoms with E-state index in [1.165, 1.54) is 23.1 Å². The van der Waals surface area contributed by atoms with E-state index >= 15 is 0 Å². The zero-order valence-corrected chi connectivity index (χ0v) is 18.0. The number of aromatic nitrogens is 2. The van der Waals surface area contributed by atoms with Crippen LogP contribution in [-0.2, 0) is 4.79 Å². The summed E-state index contributed by atoms with van der Waals surface area (Å²) in [4.78, 5) is 28.4. The zero-order chi connectivity index (χ0) is 20.1. The van der Waals surface area contributed by atoms with E-state index in [0.717, 1.165) is 33.7 Å². The van der Waals surface area contributed by atoms with Gasteiger partial charge in [0, 0.05) is 37.8 Å². The number of anilines is 1. The number of nitrogens with one attached hydrogen (secondary N) is 1. The van der Waals surface area contributed by atoms with Crippen molar-refractivity contribution in [3.05, 3.63) is 35.4 Å². The van der Waals surface area contributed by atoms with Gasteiger partial charge in [0.05, 0.1) is 5.75 Å². The van der Waals surface area contributed by atoms with Crippen molar-refractivity contribution in [2.45, 2.75) is 31.2 Å². The average Bonchev–Trinajstić information content (AvgIpc) is 3.15. The fourth-order valence-electron chi connectivity index (χ4n) is 2.86. The molecule has 9 heteroatoms. The molecule has 150 valence electrons. The smallest absolute Gasteiger partial charge is 0.253 e. The van der Waals surface area contributed by atoms with E-state index in [1.807, 2.05) is 49.9 Å². The molecule has 3 rings (SSSR count). The maximum absolute atomic E-state index is 12.6. The minimum absolute atomic E-state index is 0.0000163. The lowest BCUT2D eigenvalue weighted by Crippen LogP contribution is -2.48. The number of amides is 2. The number of rotatable bonds is 6. The van der Waals surface area contributed by atoms with Crippen LogP contribution in [0.5, 0.6) is 0 Å². The molecule has 0 aliphatic carbocycles. The largest absolute Gasteiger partial charge is 0.353 e. The number of hydrogen-bond acceptors (Lipinski definition) is 7. The summed E-state index contributed by atoms with van der Waals surface area (Å²) < 4.78 is 0.784. The normalized spacial score (nSPS) is 14.4. The second kappa shape index (κ2) is 9.38. The predicted molar refractivity (Wildman–Crippen MR) is 113 cm³/mol. The molecule has 0 saturated carbocycles. The number of thioether (sulfide) groups is 1. The van der Waals surface area contributed by atoms with E-state index in [2.05, 4.69) is 20.4 Å². The summed E-state index contributed by atoms with van der Waals surface area (Å²) in [5.41, 5.74) is 1.88. The van der Waals surface area contributed by atoms with E-state index in [9.17, 15) is 9.59 Å². The number of piperazine rings is 1. The van der Waals surface area contributed by atoms with Crippen LogP contribution in [0.4, 0.5) is 5.13 Å². The molecule has 1 aliphatic heterocycles. The average molecular weight is 420 g/mol. The molecule has 2 heterocycles. The second-order valence-corrected chi connectivity index (χ2v) is 9.19. The number of hydrogen-bond donors (Lipinski definition) is 1. The topological polar surface area (TPSA) is 78.4 Å². The van der Waals surface area contributed by atoms with Gasteiger partial charge in [0.15, 0.2) is 4.34 Å². The molecule has 28 heavy (non-hydrogen) atoms. The molecule has 0 unspecified atom stereocenters. The third kappa shape index (κ3) is 5.45. The van der Waals surface area contributed by atoms with Gasteiger partial charge in [0.1, 0.15) is 0 Å². The molecule has 1 N–H and O–H groups in total. The highest BCUT2D eigenvalue weighted by Crippen LogP contribution is 2.28. The third-order valence-electron chi connectivity index (χ3n) is 4.31. The van der Waals surface area contributed by atoms with Crippen molar-refractivity contribution < 1.29 is 9.59 Å². The number of nitrogens with zero attached hydrogens (tertiary/aromatic N) is 4. The van der Waals surface area contributed by atoms with Crippen LogP contribution in [0, 0.1) is 6.92 Å². The summed E-state index contributed by atoms with van der Waals surface area (Å²) in [5, 5.41) is 12.1. The minimum atomic E-state index is -0.0000163. The summed E-state index contributed by atoms with van der Waals surface area (Å²) in [6.07, 6.45) is 0. The lowest BCUT2D eigenvalue weighted by atomic mass is 10.1. The highest BCUT2D eigenvalue weighted by atomic mass is 32.2. The molecular weight excluding hydrogens is 394 g/mol. The van der Waals surface area contributed by atoms with Crippen molar-refractivity contribution in [1.82, 2.24) is 20.4 Å². The number of carbonyl (C=O) groups is 2. The third-order valence-corrected chi connectivity index (χ3v) is 6.43. The Morgan fingerprint density at radius 2 is 1.82 bits per heavy atom. The number of carbonyl (C=O) groups excluding carboxylic acids is 2. The first-order chi connectivity index (χ1) is 13.4. The molecule has 1 aliphatic rings. The maximum atomic E-state index is 12.6. The maximum Gasteiger partial charge on any atom is 0.253 e. The quantitative estimate of drug-likeness (QED) is 0.725. The van der Waals surface area contributed by atoms with Crippen LogP contribution >= 0.6 is 23.1 Å². The van der Waals surface area contributed by atoms with Crippen LogP contribution in [-0.4, -0.2) is 64.9 Å². The Labute approximate surface area is 173 Å². The fraction of sp³-hybridized carbons (Fsp3) is 0.474. The van der Waals surface area contributed by atoms with Gasteiger partial charge in [0.2, 0.25) is 11.0 Å². The Bertz CT molecular complexity index is 814. The van der Waals surface area contributed by atoms with Crippen LogP contribution < -0.4 is 10.2 Å². The van der Waals surface area contributed by atoms with Crippen molar-refractivity contribution in [1.29, 1.82) is 0 Å². The van der Waals surface area contributed by atoms with Crippen LogP contribution in [0.1, 0.15) is 29.8 Å². The minimum Gasteiger partial charge on any atom is -0.353 e. The van der Waals surface area contributed by atoms with Gasteiger partial charge in [-0.2, -0.15) is 0 Å². The standard InChI is InChI=1S/C19H25N5O2S2/c1-13(2)20-16(25)12-27-19-22-21-18(28-19)24-10-8-23(9-11-24)17(26)15-6-4-14(3)5-7-15/h4-7,13H,8-12H2,1-3H3,(H,20,25). The van der Waals surface area contributed by atoms with E-state index in [1.54, 1.807) is 0 Å². The summed E-state index contributed by atoms with van der Waals surface area (Å²) >= 11 is 2.89. The van der Waals surface area contributed by atoms with Crippen molar-refractivity contribution in [2.24, 2.45) is 0 Å². The SMILES string of the molecule is Cc1ccc(C(=O)N2CCN(c3nnc(SCC(=O)NC(C)C)s3)CC2)cc1. The fourth-order valence-corrected chi connectivity index (χ4v) is 4.56. The molecule has 2 aromatic rings. The molecule has 7 nitrogen and oxygen atoms in total. The summed E-state index contributed by atoms with van der Waals surface area (Å²) in [5.74, 6) is 0.412. The number of aryl methyl sites for hydroxylation is 1. The van der Waals surface area contributed by atoms with Crippen molar-refractivity contribution in [3.63, 3.8) is 0 Å². The van der Waals surface area contributed by atoms with Gasteiger partial charge in [0.25, 0.3) is 5.91 Å². The molecule has 1 aromatic heterocycles. The van der Waals surface area contributed by atoms with Gasteiger partial charge in [-0.15, -0.1) is 10.2 Å². The molecular formula is C19H25N5O2S2. The molecule has 0 spiro atoms. The van der Waals surface area contributed by atoms with Gasteiger partial charge in [-0.05, 0) is 32.9 Å². The molecule has 1 aromatic carbocycles. The Balaban J connectivity index is 1.50. The highest BCUT2D eigenvalue weighted by molar-refractivity contribution is 8.01. The molecule has 0 atom stereocenters. The second-order valence-electron chi connectivity index (χ2n) is 7.01. The van der Waals surface area contributed by atoms with Crippen LogP contribution in [0.25, 0.3) is 0 Å². The van der Waals surface area contributed by atoms with Gasteiger partial charge >= 0.3 is 0 Å². The van der Waals surface area contributed by atoms with Crippen molar-refractivity contribution >= 4 is 40.0 Å². The van der Waals surface area contributed by atoms with E-state index in [-0.39, 0.29) is 17.9 Å². The van der Waals surface area contributed by atoms with Gasteiger partial charge in [-0.3, -0.25) is 9.59 Å². The van der Waals surface area contributed by atoms with Gasteiger partial charge < -0.3 is 15.1 Å². The van der Waals surface area contributed by atoms with E-state index < -0.39 is 0 Å². The molecule has 1 saturated heterocycles. The monoisotopic (exact) mass is 419 g/mol. The summed E-state index contributed by atoms with van der Waals surface area (Å²) in [7, 11) is 0. The van der Waals surface area contributed by atoms with Crippen molar-refractivity contribution in [3.8, 4) is 0 Å². The van der Waals surface area contributed by atoms with Crippen LogP contribution in [0.15, 0.2) is 28.6 Å². The highest BCUT2D eigenvalue weighted by Gasteiger charge is 2.24. The summed E-state index contributed by atoms with van der Waals surface area (Å²) in [6, 6.07) is 7.83. The Hall–Kier alpha value is -2.13. The van der Waals surface area contributed by atoms with Gasteiger partial charge in [-0.25, -0.2) is 0 Å².